The molecule has 0 bridgehead atoms. The van der Waals surface area contributed by atoms with Crippen molar-refractivity contribution in [2.45, 2.75) is 46.1 Å². The van der Waals surface area contributed by atoms with Crippen LogP contribution in [0.2, 0.25) is 0 Å². The number of rotatable bonds is 6. The van der Waals surface area contributed by atoms with Crippen molar-refractivity contribution in [1.29, 1.82) is 0 Å². The fourth-order valence-corrected chi connectivity index (χ4v) is 2.30. The highest BCUT2D eigenvalue weighted by atomic mass is 32.1. The van der Waals surface area contributed by atoms with Crippen LogP contribution in [0.4, 0.5) is 0 Å². The van der Waals surface area contributed by atoms with Gasteiger partial charge in [0, 0.05) is 11.3 Å². The molecule has 1 rings (SSSR count). The Morgan fingerprint density at radius 2 is 2.20 bits per heavy atom. The molecular weight excluding hydrogens is 206 g/mol. The molecule has 0 aromatic carbocycles. The van der Waals surface area contributed by atoms with E-state index in [1.807, 2.05) is 6.92 Å². The van der Waals surface area contributed by atoms with Crippen LogP contribution in [0.5, 0.6) is 0 Å². The topological polar surface area (TPSA) is 29.1 Å². The second-order valence-corrected chi connectivity index (χ2v) is 4.69. The van der Waals surface area contributed by atoms with Crippen molar-refractivity contribution < 1.29 is 4.79 Å². The zero-order valence-electron chi connectivity index (χ0n) is 9.51. The Morgan fingerprint density at radius 1 is 1.40 bits per heavy atom. The first-order valence-corrected chi connectivity index (χ1v) is 6.47. The summed E-state index contributed by atoms with van der Waals surface area (Å²) in [5.41, 5.74) is 1.39. The zero-order valence-corrected chi connectivity index (χ0v) is 10.3. The minimum absolute atomic E-state index is 0.156. The third kappa shape index (κ3) is 4.47. The molecule has 84 valence electrons. The van der Waals surface area contributed by atoms with E-state index in [9.17, 15) is 4.79 Å². The number of nitrogens with one attached hydrogen (secondary N) is 1. The van der Waals surface area contributed by atoms with Gasteiger partial charge in [0.15, 0.2) is 0 Å². The molecule has 15 heavy (non-hydrogen) atoms. The molecule has 1 aromatic rings. The van der Waals surface area contributed by atoms with Crippen molar-refractivity contribution in [3.05, 3.63) is 21.9 Å². The lowest BCUT2D eigenvalue weighted by molar-refractivity contribution is -0.121. The Labute approximate surface area is 95.7 Å². The summed E-state index contributed by atoms with van der Waals surface area (Å²) in [6.07, 6.45) is 3.86. The first kappa shape index (κ1) is 12.2. The molecule has 1 amide bonds. The van der Waals surface area contributed by atoms with E-state index < -0.39 is 0 Å². The summed E-state index contributed by atoms with van der Waals surface area (Å²) >= 11 is 1.73. The lowest BCUT2D eigenvalue weighted by Gasteiger charge is -2.01. The van der Waals surface area contributed by atoms with Gasteiger partial charge in [0.1, 0.15) is 0 Å². The first-order chi connectivity index (χ1) is 7.26. The largest absolute Gasteiger partial charge is 0.351 e. The van der Waals surface area contributed by atoms with Crippen molar-refractivity contribution in [2.75, 3.05) is 0 Å². The van der Waals surface area contributed by atoms with Gasteiger partial charge in [-0.15, -0.1) is 11.3 Å². The Hall–Kier alpha value is -0.830. The SMILES string of the molecule is CCCC(=O)NCc1cc(CCC)cs1. The Kier molecular flexibility index (Phi) is 5.40. The molecule has 0 aliphatic rings. The van der Waals surface area contributed by atoms with Crippen LogP contribution < -0.4 is 5.32 Å². The maximum atomic E-state index is 11.2. The molecule has 1 heterocycles. The van der Waals surface area contributed by atoms with Crippen LogP contribution in [0.1, 0.15) is 43.6 Å². The van der Waals surface area contributed by atoms with Crippen LogP contribution in [-0.2, 0) is 17.8 Å². The molecule has 2 nitrogen and oxygen atoms in total. The van der Waals surface area contributed by atoms with Gasteiger partial charge in [-0.25, -0.2) is 0 Å². The van der Waals surface area contributed by atoms with Gasteiger partial charge in [-0.2, -0.15) is 0 Å². The van der Waals surface area contributed by atoms with E-state index in [4.69, 9.17) is 0 Å². The van der Waals surface area contributed by atoms with E-state index in [1.165, 1.54) is 16.9 Å². The second kappa shape index (κ2) is 6.62. The average molecular weight is 225 g/mol. The van der Waals surface area contributed by atoms with E-state index >= 15 is 0 Å². The van der Waals surface area contributed by atoms with Gasteiger partial charge in [0.05, 0.1) is 6.54 Å². The van der Waals surface area contributed by atoms with E-state index in [2.05, 4.69) is 23.7 Å². The molecule has 0 atom stereocenters. The maximum Gasteiger partial charge on any atom is 0.220 e. The molecule has 0 radical (unpaired) electrons. The number of aryl methyl sites for hydroxylation is 1. The van der Waals surface area contributed by atoms with Crippen LogP contribution in [-0.4, -0.2) is 5.91 Å². The zero-order chi connectivity index (χ0) is 11.1. The van der Waals surface area contributed by atoms with E-state index in [0.29, 0.717) is 13.0 Å². The van der Waals surface area contributed by atoms with Crippen LogP contribution in [0.25, 0.3) is 0 Å². The summed E-state index contributed by atoms with van der Waals surface area (Å²) in [6.45, 7) is 4.89. The summed E-state index contributed by atoms with van der Waals surface area (Å²) in [5.74, 6) is 0.156. The van der Waals surface area contributed by atoms with Crippen LogP contribution in [0, 0.1) is 0 Å². The monoisotopic (exact) mass is 225 g/mol. The average Bonchev–Trinajstić information content (AvgIpc) is 2.64. The van der Waals surface area contributed by atoms with Gasteiger partial charge in [0.2, 0.25) is 5.91 Å². The van der Waals surface area contributed by atoms with Gasteiger partial charge in [-0.05, 0) is 29.9 Å². The maximum absolute atomic E-state index is 11.2. The Balaban J connectivity index is 2.34. The summed E-state index contributed by atoms with van der Waals surface area (Å²) in [5, 5.41) is 5.11. The van der Waals surface area contributed by atoms with Gasteiger partial charge in [-0.3, -0.25) is 4.79 Å². The fraction of sp³-hybridized carbons (Fsp3) is 0.583. The molecule has 0 saturated carbocycles. The first-order valence-electron chi connectivity index (χ1n) is 5.59. The predicted molar refractivity (Wildman–Crippen MR) is 65.1 cm³/mol. The van der Waals surface area contributed by atoms with Gasteiger partial charge >= 0.3 is 0 Å². The molecular formula is C12H19NOS. The predicted octanol–water partition coefficient (Wildman–Crippen LogP) is 3.12. The van der Waals surface area contributed by atoms with Crippen molar-refractivity contribution in [3.8, 4) is 0 Å². The smallest absolute Gasteiger partial charge is 0.220 e. The van der Waals surface area contributed by atoms with Gasteiger partial charge in [-0.1, -0.05) is 20.3 Å². The molecule has 0 fully saturated rings. The Bertz CT molecular complexity index is 306. The number of hydrogen-bond acceptors (Lipinski definition) is 2. The number of amides is 1. The molecule has 1 aromatic heterocycles. The highest BCUT2D eigenvalue weighted by Gasteiger charge is 2.02. The summed E-state index contributed by atoms with van der Waals surface area (Å²) in [7, 11) is 0. The summed E-state index contributed by atoms with van der Waals surface area (Å²) in [4.78, 5) is 12.5. The van der Waals surface area contributed by atoms with E-state index in [-0.39, 0.29) is 5.91 Å². The molecule has 0 aliphatic carbocycles. The lowest BCUT2D eigenvalue weighted by Crippen LogP contribution is -2.21. The Morgan fingerprint density at radius 3 is 2.87 bits per heavy atom. The van der Waals surface area contributed by atoms with E-state index in [0.717, 1.165) is 12.8 Å². The van der Waals surface area contributed by atoms with Crippen molar-refractivity contribution in [2.24, 2.45) is 0 Å². The minimum Gasteiger partial charge on any atom is -0.351 e. The quantitative estimate of drug-likeness (QED) is 0.792. The molecule has 0 saturated heterocycles. The minimum atomic E-state index is 0.156. The molecule has 3 heteroatoms. The summed E-state index contributed by atoms with van der Waals surface area (Å²) < 4.78 is 0. The second-order valence-electron chi connectivity index (χ2n) is 3.70. The third-order valence-corrected chi connectivity index (χ3v) is 3.17. The number of thiophene rings is 1. The molecule has 0 aliphatic heterocycles. The molecule has 0 unspecified atom stereocenters. The molecule has 1 N–H and O–H groups in total. The lowest BCUT2D eigenvalue weighted by atomic mass is 10.2. The van der Waals surface area contributed by atoms with Crippen LogP contribution in [0.15, 0.2) is 11.4 Å². The highest BCUT2D eigenvalue weighted by Crippen LogP contribution is 2.15. The van der Waals surface area contributed by atoms with Gasteiger partial charge < -0.3 is 5.32 Å². The number of hydrogen-bond donors (Lipinski definition) is 1. The van der Waals surface area contributed by atoms with Crippen molar-refractivity contribution >= 4 is 17.2 Å². The van der Waals surface area contributed by atoms with Crippen molar-refractivity contribution in [1.82, 2.24) is 5.32 Å². The van der Waals surface area contributed by atoms with Crippen LogP contribution >= 0.6 is 11.3 Å². The fourth-order valence-electron chi connectivity index (χ4n) is 1.44. The normalized spacial score (nSPS) is 10.3. The number of carbonyl (C=O) groups is 1. The molecule has 0 spiro atoms. The third-order valence-electron chi connectivity index (χ3n) is 2.18. The highest BCUT2D eigenvalue weighted by molar-refractivity contribution is 7.10. The van der Waals surface area contributed by atoms with E-state index in [1.54, 1.807) is 11.3 Å². The standard InChI is InChI=1S/C12H19NOS/c1-3-5-10-7-11(15-9-10)8-13-12(14)6-4-2/h7,9H,3-6,8H2,1-2H3,(H,13,14). The summed E-state index contributed by atoms with van der Waals surface area (Å²) in [6, 6.07) is 2.19. The van der Waals surface area contributed by atoms with Crippen molar-refractivity contribution in [3.63, 3.8) is 0 Å². The number of carbonyl (C=O) groups excluding carboxylic acids is 1. The van der Waals surface area contributed by atoms with Crippen LogP contribution in [0.3, 0.4) is 0 Å². The van der Waals surface area contributed by atoms with Gasteiger partial charge in [0.25, 0.3) is 0 Å².